The SMILES string of the molecule is CN(C[B-](F)(F)F)C1CC(C)(C)C1. The molecule has 78 valence electrons. The Hall–Kier alpha value is -0.185. The first-order valence-corrected chi connectivity index (χ1v) is 4.61. The van der Waals surface area contributed by atoms with E-state index in [1.165, 1.54) is 4.90 Å². The van der Waals surface area contributed by atoms with Crippen LogP contribution in [0.4, 0.5) is 12.9 Å². The summed E-state index contributed by atoms with van der Waals surface area (Å²) in [5.41, 5.74) is 0.248. The van der Waals surface area contributed by atoms with Crippen LogP contribution in [0.3, 0.4) is 0 Å². The van der Waals surface area contributed by atoms with Crippen LogP contribution in [0.5, 0.6) is 0 Å². The van der Waals surface area contributed by atoms with Crippen LogP contribution in [0, 0.1) is 5.41 Å². The van der Waals surface area contributed by atoms with Crippen LogP contribution in [0.1, 0.15) is 26.7 Å². The van der Waals surface area contributed by atoms with Crippen molar-refractivity contribution in [1.29, 1.82) is 0 Å². The summed E-state index contributed by atoms with van der Waals surface area (Å²) in [6.07, 6.45) is 1.05. The fourth-order valence-corrected chi connectivity index (χ4v) is 2.00. The summed E-state index contributed by atoms with van der Waals surface area (Å²) < 4.78 is 36.1. The third kappa shape index (κ3) is 3.22. The maximum atomic E-state index is 12.0. The van der Waals surface area contributed by atoms with E-state index in [0.717, 1.165) is 12.8 Å². The molecule has 1 aliphatic carbocycles. The van der Waals surface area contributed by atoms with E-state index in [0.29, 0.717) is 0 Å². The van der Waals surface area contributed by atoms with Crippen LogP contribution in [0.2, 0.25) is 0 Å². The van der Waals surface area contributed by atoms with Crippen LogP contribution in [-0.4, -0.2) is 31.4 Å². The summed E-state index contributed by atoms with van der Waals surface area (Å²) in [6.45, 7) is -0.471. The molecule has 0 amide bonds. The van der Waals surface area contributed by atoms with E-state index >= 15 is 0 Å². The molecular weight excluding hydrogens is 178 g/mol. The Kier molecular flexibility index (Phi) is 2.67. The van der Waals surface area contributed by atoms with Crippen molar-refractivity contribution in [3.05, 3.63) is 0 Å². The van der Waals surface area contributed by atoms with Gasteiger partial charge in [0.2, 0.25) is 0 Å². The van der Waals surface area contributed by atoms with Crippen molar-refractivity contribution in [2.24, 2.45) is 5.41 Å². The van der Waals surface area contributed by atoms with Crippen LogP contribution >= 0.6 is 0 Å². The minimum Gasteiger partial charge on any atom is -0.448 e. The molecule has 0 bridgehead atoms. The number of hydrogen-bond acceptors (Lipinski definition) is 1. The molecule has 13 heavy (non-hydrogen) atoms. The molecule has 5 heteroatoms. The smallest absolute Gasteiger partial charge is 0.448 e. The monoisotopic (exact) mass is 194 g/mol. The highest BCUT2D eigenvalue weighted by molar-refractivity contribution is 6.58. The Balaban J connectivity index is 2.31. The van der Waals surface area contributed by atoms with Gasteiger partial charge in [-0.1, -0.05) is 13.8 Å². The van der Waals surface area contributed by atoms with Gasteiger partial charge in [0.15, 0.2) is 0 Å². The third-order valence-corrected chi connectivity index (χ3v) is 2.69. The van der Waals surface area contributed by atoms with Crippen molar-refractivity contribution < 1.29 is 12.9 Å². The van der Waals surface area contributed by atoms with Gasteiger partial charge in [0.1, 0.15) is 0 Å². The molecule has 0 unspecified atom stereocenters. The Morgan fingerprint density at radius 2 is 1.77 bits per heavy atom. The lowest BCUT2D eigenvalue weighted by molar-refractivity contribution is 0.0470. The van der Waals surface area contributed by atoms with E-state index in [1.54, 1.807) is 7.05 Å². The zero-order valence-electron chi connectivity index (χ0n) is 8.36. The Bertz CT molecular complexity index is 182. The van der Waals surface area contributed by atoms with Crippen molar-refractivity contribution in [3.63, 3.8) is 0 Å². The van der Waals surface area contributed by atoms with Crippen molar-refractivity contribution in [2.75, 3.05) is 13.5 Å². The molecule has 1 aliphatic rings. The van der Waals surface area contributed by atoms with E-state index in [-0.39, 0.29) is 11.5 Å². The normalized spacial score (nSPS) is 23.3. The maximum Gasteiger partial charge on any atom is 0.492 e. The van der Waals surface area contributed by atoms with E-state index < -0.39 is 13.4 Å². The zero-order chi connectivity index (χ0) is 10.3. The predicted octanol–water partition coefficient (Wildman–Crippen LogP) is 2.49. The molecule has 0 radical (unpaired) electrons. The standard InChI is InChI=1S/C8H16BF3N/c1-8(2)4-7(5-8)13(3)6-9(10,11)12/h7H,4-6H2,1-3H3/q-1. The Labute approximate surface area is 77.4 Å². The topological polar surface area (TPSA) is 3.24 Å². The molecule has 0 atom stereocenters. The van der Waals surface area contributed by atoms with Gasteiger partial charge in [-0.3, -0.25) is 0 Å². The molecule has 1 saturated carbocycles. The second-order valence-electron chi connectivity index (χ2n) is 4.88. The van der Waals surface area contributed by atoms with Crippen LogP contribution in [0.25, 0.3) is 0 Å². The van der Waals surface area contributed by atoms with Crippen molar-refractivity contribution in [1.82, 2.24) is 4.90 Å². The molecule has 0 spiro atoms. The van der Waals surface area contributed by atoms with Gasteiger partial charge in [-0.2, -0.15) is 0 Å². The predicted molar refractivity (Wildman–Crippen MR) is 48.5 cm³/mol. The summed E-state index contributed by atoms with van der Waals surface area (Å²) >= 11 is 0. The Morgan fingerprint density at radius 3 is 2.08 bits per heavy atom. The van der Waals surface area contributed by atoms with Gasteiger partial charge in [-0.15, -0.1) is 0 Å². The van der Waals surface area contributed by atoms with E-state index in [4.69, 9.17) is 0 Å². The average molecular weight is 194 g/mol. The molecule has 0 aliphatic heterocycles. The summed E-state index contributed by atoms with van der Waals surface area (Å²) in [4.78, 5) is 1.44. The second-order valence-corrected chi connectivity index (χ2v) is 4.88. The molecule has 0 N–H and O–H groups in total. The first-order chi connectivity index (χ1) is 5.70. The largest absolute Gasteiger partial charge is 0.492 e. The summed E-state index contributed by atoms with van der Waals surface area (Å²) in [6, 6.07) is 0.137. The molecular formula is C8H16BF3N-. The molecule has 0 saturated heterocycles. The van der Waals surface area contributed by atoms with E-state index in [2.05, 4.69) is 13.8 Å². The quantitative estimate of drug-likeness (QED) is 0.623. The van der Waals surface area contributed by atoms with Crippen molar-refractivity contribution >= 4 is 6.98 Å². The first-order valence-electron chi connectivity index (χ1n) is 4.61. The highest BCUT2D eigenvalue weighted by Crippen LogP contribution is 2.42. The molecule has 0 aromatic carbocycles. The molecule has 0 heterocycles. The highest BCUT2D eigenvalue weighted by atomic mass is 19.4. The maximum absolute atomic E-state index is 12.0. The third-order valence-electron chi connectivity index (χ3n) is 2.69. The Morgan fingerprint density at radius 1 is 1.31 bits per heavy atom. The molecule has 1 fully saturated rings. The highest BCUT2D eigenvalue weighted by Gasteiger charge is 2.39. The minimum absolute atomic E-state index is 0.137. The number of hydrogen-bond donors (Lipinski definition) is 0. The number of nitrogens with zero attached hydrogens (tertiary/aromatic N) is 1. The fourth-order valence-electron chi connectivity index (χ4n) is 2.00. The lowest BCUT2D eigenvalue weighted by Gasteiger charge is -2.48. The lowest BCUT2D eigenvalue weighted by Crippen LogP contribution is -2.50. The summed E-state index contributed by atoms with van der Waals surface area (Å²) in [5, 5.41) is 0. The van der Waals surface area contributed by atoms with Gasteiger partial charge < -0.3 is 17.8 Å². The number of rotatable bonds is 3. The van der Waals surface area contributed by atoms with Crippen LogP contribution in [0.15, 0.2) is 0 Å². The lowest BCUT2D eigenvalue weighted by atomic mass is 9.67. The van der Waals surface area contributed by atoms with Gasteiger partial charge in [0.05, 0.1) is 0 Å². The molecule has 1 rings (SSSR count). The molecule has 0 aromatic rings. The van der Waals surface area contributed by atoms with Crippen molar-refractivity contribution in [2.45, 2.75) is 32.7 Å². The molecule has 1 nitrogen and oxygen atoms in total. The van der Waals surface area contributed by atoms with Crippen molar-refractivity contribution in [3.8, 4) is 0 Å². The zero-order valence-corrected chi connectivity index (χ0v) is 8.36. The molecule has 0 aromatic heterocycles. The number of halogens is 3. The van der Waals surface area contributed by atoms with Gasteiger partial charge >= 0.3 is 6.98 Å². The van der Waals surface area contributed by atoms with Crippen LogP contribution < -0.4 is 0 Å². The second kappa shape index (κ2) is 3.19. The fraction of sp³-hybridized carbons (Fsp3) is 1.00. The van der Waals surface area contributed by atoms with Gasteiger partial charge in [-0.05, 0) is 31.7 Å². The van der Waals surface area contributed by atoms with Crippen LogP contribution in [-0.2, 0) is 0 Å². The van der Waals surface area contributed by atoms with Gasteiger partial charge in [0, 0.05) is 6.04 Å². The average Bonchev–Trinajstić information content (AvgIpc) is 1.77. The summed E-state index contributed by atoms with van der Waals surface area (Å²) in [7, 11) is 1.56. The summed E-state index contributed by atoms with van der Waals surface area (Å²) in [5.74, 6) is 0. The minimum atomic E-state index is -4.66. The van der Waals surface area contributed by atoms with Gasteiger partial charge in [0.25, 0.3) is 0 Å². The first kappa shape index (κ1) is 10.9. The van der Waals surface area contributed by atoms with Gasteiger partial charge in [-0.25, -0.2) is 0 Å². The van der Waals surface area contributed by atoms with E-state index in [9.17, 15) is 12.9 Å². The van der Waals surface area contributed by atoms with E-state index in [1.807, 2.05) is 0 Å².